The number of nitrogens with one attached hydrogen (secondary N) is 1. The third-order valence-corrected chi connectivity index (χ3v) is 4.54. The van der Waals surface area contributed by atoms with Crippen LogP contribution in [0.15, 0.2) is 0 Å². The van der Waals surface area contributed by atoms with E-state index in [0.717, 1.165) is 24.6 Å². The topological polar surface area (TPSA) is 59.8 Å². The fourth-order valence-corrected chi connectivity index (χ4v) is 2.85. The highest BCUT2D eigenvalue weighted by Gasteiger charge is 2.16. The molecule has 0 aliphatic carbocycles. The van der Waals surface area contributed by atoms with Gasteiger partial charge in [-0.1, -0.05) is 27.2 Å². The zero-order chi connectivity index (χ0) is 14.6. The Morgan fingerprint density at radius 2 is 2.10 bits per heavy atom. The van der Waals surface area contributed by atoms with E-state index < -0.39 is 0 Å². The van der Waals surface area contributed by atoms with Crippen molar-refractivity contribution in [2.24, 2.45) is 0 Å². The van der Waals surface area contributed by atoms with Crippen LogP contribution < -0.4 is 5.32 Å². The van der Waals surface area contributed by atoms with Crippen LogP contribution in [0.2, 0.25) is 0 Å². The van der Waals surface area contributed by atoms with Crippen LogP contribution in [0.1, 0.15) is 51.7 Å². The van der Waals surface area contributed by atoms with Crippen LogP contribution in [-0.2, 0) is 24.3 Å². The average molecular weight is 296 g/mol. The van der Waals surface area contributed by atoms with E-state index in [-0.39, 0.29) is 10.7 Å². The monoisotopic (exact) mass is 296 g/mol. The minimum atomic E-state index is 0.0656. The van der Waals surface area contributed by atoms with Crippen molar-refractivity contribution in [1.82, 2.24) is 20.1 Å². The van der Waals surface area contributed by atoms with Gasteiger partial charge in [0.15, 0.2) is 5.82 Å². The Bertz CT molecular complexity index is 464. The maximum Gasteiger partial charge on any atom is 0.230 e. The molecule has 2 rings (SSSR count). The van der Waals surface area contributed by atoms with E-state index in [9.17, 15) is 4.79 Å². The lowest BCUT2D eigenvalue weighted by atomic mass is 10.2. The van der Waals surface area contributed by atoms with Crippen LogP contribution >= 0.6 is 11.8 Å². The third kappa shape index (κ3) is 4.51. The van der Waals surface area contributed by atoms with Crippen molar-refractivity contribution in [1.29, 1.82) is 0 Å². The molecular formula is C14H24N4OS. The molecule has 1 aliphatic rings. The van der Waals surface area contributed by atoms with Gasteiger partial charge in [0.2, 0.25) is 5.91 Å². The Morgan fingerprint density at radius 3 is 2.85 bits per heavy atom. The summed E-state index contributed by atoms with van der Waals surface area (Å²) in [5, 5.41) is 11.4. The Balaban J connectivity index is 1.85. The number of carbonyl (C=O) groups excluding carboxylic acids is 1. The smallest absolute Gasteiger partial charge is 0.230 e. The van der Waals surface area contributed by atoms with Gasteiger partial charge in [0.05, 0.1) is 12.3 Å². The maximum absolute atomic E-state index is 11.8. The molecule has 20 heavy (non-hydrogen) atoms. The van der Waals surface area contributed by atoms with Gasteiger partial charge in [-0.25, -0.2) is 0 Å². The van der Waals surface area contributed by atoms with E-state index in [1.165, 1.54) is 19.3 Å². The molecule has 0 spiro atoms. The molecule has 0 unspecified atom stereocenters. The van der Waals surface area contributed by atoms with Crippen molar-refractivity contribution < 1.29 is 4.79 Å². The van der Waals surface area contributed by atoms with Gasteiger partial charge in [0, 0.05) is 17.7 Å². The molecule has 0 aromatic carbocycles. The van der Waals surface area contributed by atoms with Crippen molar-refractivity contribution >= 4 is 17.7 Å². The van der Waals surface area contributed by atoms with Gasteiger partial charge in [0.25, 0.3) is 0 Å². The van der Waals surface area contributed by atoms with E-state index >= 15 is 0 Å². The number of fused-ring (bicyclic) bond motifs is 1. The van der Waals surface area contributed by atoms with Gasteiger partial charge in [0.1, 0.15) is 5.82 Å². The summed E-state index contributed by atoms with van der Waals surface area (Å²) < 4.78 is 2.29. The number of thioether (sulfide) groups is 1. The second-order valence-electron chi connectivity index (χ2n) is 6.17. The number of carbonyl (C=O) groups is 1. The Labute approximate surface area is 124 Å². The molecule has 0 bridgehead atoms. The highest BCUT2D eigenvalue weighted by molar-refractivity contribution is 8.01. The first-order chi connectivity index (χ1) is 9.46. The molecule has 0 radical (unpaired) electrons. The average Bonchev–Trinajstić information content (AvgIpc) is 2.61. The van der Waals surface area contributed by atoms with Gasteiger partial charge in [-0.3, -0.25) is 4.79 Å². The molecule has 2 heterocycles. The molecular weight excluding hydrogens is 272 g/mol. The van der Waals surface area contributed by atoms with Crippen molar-refractivity contribution in [2.75, 3.05) is 5.75 Å². The second kappa shape index (κ2) is 6.61. The van der Waals surface area contributed by atoms with E-state index in [1.807, 2.05) is 0 Å². The van der Waals surface area contributed by atoms with Gasteiger partial charge >= 0.3 is 0 Å². The Morgan fingerprint density at radius 1 is 1.30 bits per heavy atom. The standard InChI is InChI=1S/C14H24N4OS/c1-14(2,3)20-10-13(19)15-9-12-17-16-11-7-5-4-6-8-18(11)12/h4-10H2,1-3H3,(H,15,19). The summed E-state index contributed by atoms with van der Waals surface area (Å²) in [5.41, 5.74) is 0. The lowest BCUT2D eigenvalue weighted by Gasteiger charge is -2.17. The Hall–Kier alpha value is -1.04. The molecule has 1 aromatic heterocycles. The summed E-state index contributed by atoms with van der Waals surface area (Å²) >= 11 is 1.66. The number of nitrogens with zero attached hydrogens (tertiary/aromatic N) is 3. The highest BCUT2D eigenvalue weighted by Crippen LogP contribution is 2.22. The summed E-state index contributed by atoms with van der Waals surface area (Å²) in [7, 11) is 0. The van der Waals surface area contributed by atoms with Crippen LogP contribution in [0.3, 0.4) is 0 Å². The predicted molar refractivity (Wildman–Crippen MR) is 81.6 cm³/mol. The van der Waals surface area contributed by atoms with E-state index in [2.05, 4.69) is 40.9 Å². The minimum absolute atomic E-state index is 0.0656. The van der Waals surface area contributed by atoms with Crippen molar-refractivity contribution in [3.8, 4) is 0 Å². The lowest BCUT2D eigenvalue weighted by Crippen LogP contribution is -2.28. The van der Waals surface area contributed by atoms with Gasteiger partial charge < -0.3 is 9.88 Å². The number of aryl methyl sites for hydroxylation is 1. The van der Waals surface area contributed by atoms with Gasteiger partial charge in [-0.2, -0.15) is 0 Å². The summed E-state index contributed by atoms with van der Waals surface area (Å²) in [6.07, 6.45) is 4.61. The van der Waals surface area contributed by atoms with Gasteiger partial charge in [-0.15, -0.1) is 22.0 Å². The summed E-state index contributed by atoms with van der Waals surface area (Å²) in [6, 6.07) is 0. The summed E-state index contributed by atoms with van der Waals surface area (Å²) in [5.74, 6) is 2.51. The van der Waals surface area contributed by atoms with Crippen LogP contribution in [-0.4, -0.2) is 31.2 Å². The number of aromatic nitrogens is 3. The highest BCUT2D eigenvalue weighted by atomic mass is 32.2. The normalized spacial score (nSPS) is 15.6. The fourth-order valence-electron chi connectivity index (χ4n) is 2.19. The molecule has 112 valence electrons. The summed E-state index contributed by atoms with van der Waals surface area (Å²) in [6.45, 7) is 7.80. The van der Waals surface area contributed by atoms with Crippen molar-refractivity contribution in [3.05, 3.63) is 11.6 Å². The summed E-state index contributed by atoms with van der Waals surface area (Å²) in [4.78, 5) is 11.8. The van der Waals surface area contributed by atoms with Crippen LogP contribution in [0, 0.1) is 0 Å². The molecule has 5 nitrogen and oxygen atoms in total. The number of rotatable bonds is 4. The molecule has 0 fully saturated rings. The van der Waals surface area contributed by atoms with Crippen LogP contribution in [0.4, 0.5) is 0 Å². The first kappa shape index (κ1) is 15.4. The first-order valence-corrected chi connectivity index (χ1v) is 8.26. The zero-order valence-corrected chi connectivity index (χ0v) is 13.4. The number of hydrogen-bond donors (Lipinski definition) is 1. The first-order valence-electron chi connectivity index (χ1n) is 7.27. The number of amides is 1. The van der Waals surface area contributed by atoms with E-state index in [4.69, 9.17) is 0 Å². The molecule has 0 atom stereocenters. The van der Waals surface area contributed by atoms with Crippen LogP contribution in [0.25, 0.3) is 0 Å². The predicted octanol–water partition coefficient (Wildman–Crippen LogP) is 2.15. The molecule has 6 heteroatoms. The molecule has 1 N–H and O–H groups in total. The molecule has 1 aromatic rings. The quantitative estimate of drug-likeness (QED) is 0.925. The molecule has 1 aliphatic heterocycles. The second-order valence-corrected chi connectivity index (χ2v) is 7.97. The van der Waals surface area contributed by atoms with Crippen molar-refractivity contribution in [3.63, 3.8) is 0 Å². The van der Waals surface area contributed by atoms with Crippen LogP contribution in [0.5, 0.6) is 0 Å². The lowest BCUT2D eigenvalue weighted by molar-refractivity contribution is -0.118. The molecule has 0 saturated heterocycles. The van der Waals surface area contributed by atoms with E-state index in [1.54, 1.807) is 11.8 Å². The third-order valence-electron chi connectivity index (χ3n) is 3.27. The fraction of sp³-hybridized carbons (Fsp3) is 0.786. The SMILES string of the molecule is CC(C)(C)SCC(=O)NCc1nnc2n1CCCCC2. The van der Waals surface area contributed by atoms with E-state index in [0.29, 0.717) is 12.3 Å². The zero-order valence-electron chi connectivity index (χ0n) is 12.6. The number of hydrogen-bond acceptors (Lipinski definition) is 4. The maximum atomic E-state index is 11.8. The molecule has 1 amide bonds. The van der Waals surface area contributed by atoms with Crippen molar-refractivity contribution in [2.45, 2.75) is 64.3 Å². The Kier molecular flexibility index (Phi) is 5.07. The largest absolute Gasteiger partial charge is 0.348 e. The minimum Gasteiger partial charge on any atom is -0.348 e. The van der Waals surface area contributed by atoms with Gasteiger partial charge in [-0.05, 0) is 12.8 Å². The molecule has 0 saturated carbocycles.